The van der Waals surface area contributed by atoms with Crippen LogP contribution in [0, 0.1) is 0 Å². The highest BCUT2D eigenvalue weighted by Gasteiger charge is 2.03. The van der Waals surface area contributed by atoms with Crippen LogP contribution in [-0.2, 0) is 22.6 Å². The maximum atomic E-state index is 11.3. The van der Waals surface area contributed by atoms with E-state index < -0.39 is 0 Å². The van der Waals surface area contributed by atoms with Gasteiger partial charge in [-0.25, -0.2) is 4.98 Å². The molecule has 0 aliphatic carbocycles. The van der Waals surface area contributed by atoms with E-state index in [2.05, 4.69) is 22.5 Å². The number of hydrogen-bond donors (Lipinski definition) is 2. The summed E-state index contributed by atoms with van der Waals surface area (Å²) < 4.78 is 6.87. The Morgan fingerprint density at radius 2 is 2.41 bits per heavy atom. The monoisotopic (exact) mass is 240 g/mol. The molecule has 0 spiro atoms. The van der Waals surface area contributed by atoms with Gasteiger partial charge in [0.25, 0.3) is 0 Å². The normalized spacial score (nSPS) is 10.5. The summed E-state index contributed by atoms with van der Waals surface area (Å²) >= 11 is 0. The number of amides is 1. The number of methoxy groups -OCH3 is 1. The van der Waals surface area contributed by atoms with Gasteiger partial charge in [0, 0.05) is 32.6 Å². The van der Waals surface area contributed by atoms with Gasteiger partial charge in [0.1, 0.15) is 5.82 Å². The minimum atomic E-state index is -0.0309. The van der Waals surface area contributed by atoms with Crippen LogP contribution in [0.2, 0.25) is 0 Å². The molecule has 17 heavy (non-hydrogen) atoms. The number of nitrogens with zero attached hydrogens (tertiary/aromatic N) is 2. The number of carbonyl (C=O) groups excluding carboxylic acids is 1. The largest absolute Gasteiger partial charge is 0.383 e. The lowest BCUT2D eigenvalue weighted by Crippen LogP contribution is -2.35. The number of aromatic nitrogens is 2. The Bertz CT molecular complexity index is 338. The third kappa shape index (κ3) is 4.97. The fraction of sp³-hybridized carbons (Fsp3) is 0.636. The molecule has 0 saturated heterocycles. The molecule has 0 bridgehead atoms. The van der Waals surface area contributed by atoms with Gasteiger partial charge >= 0.3 is 0 Å². The third-order valence-corrected chi connectivity index (χ3v) is 2.34. The second-order valence-corrected chi connectivity index (χ2v) is 3.58. The summed E-state index contributed by atoms with van der Waals surface area (Å²) in [7, 11) is 1.61. The minimum Gasteiger partial charge on any atom is -0.383 e. The third-order valence-electron chi connectivity index (χ3n) is 2.34. The SMILES string of the molecule is CCn1ccnc1CNCC(=O)NCCOC. The van der Waals surface area contributed by atoms with Gasteiger partial charge in [-0.1, -0.05) is 0 Å². The van der Waals surface area contributed by atoms with E-state index in [1.54, 1.807) is 13.3 Å². The number of ether oxygens (including phenoxy) is 1. The zero-order valence-electron chi connectivity index (χ0n) is 10.4. The molecular weight excluding hydrogens is 220 g/mol. The Morgan fingerprint density at radius 3 is 3.12 bits per heavy atom. The number of aryl methyl sites for hydroxylation is 1. The molecule has 2 N–H and O–H groups in total. The molecule has 1 aromatic heterocycles. The van der Waals surface area contributed by atoms with E-state index in [1.807, 2.05) is 10.8 Å². The minimum absolute atomic E-state index is 0.0309. The average Bonchev–Trinajstić information content (AvgIpc) is 2.77. The van der Waals surface area contributed by atoms with Crippen molar-refractivity contribution in [3.63, 3.8) is 0 Å². The van der Waals surface area contributed by atoms with Crippen molar-refractivity contribution in [1.29, 1.82) is 0 Å². The Balaban J connectivity index is 2.17. The van der Waals surface area contributed by atoms with Crippen molar-refractivity contribution in [1.82, 2.24) is 20.2 Å². The van der Waals surface area contributed by atoms with Gasteiger partial charge in [0.05, 0.1) is 19.7 Å². The van der Waals surface area contributed by atoms with E-state index in [1.165, 1.54) is 0 Å². The highest BCUT2D eigenvalue weighted by molar-refractivity contribution is 5.77. The van der Waals surface area contributed by atoms with Crippen molar-refractivity contribution in [2.75, 3.05) is 26.8 Å². The molecule has 96 valence electrons. The molecule has 1 amide bonds. The van der Waals surface area contributed by atoms with Crippen LogP contribution in [0.25, 0.3) is 0 Å². The fourth-order valence-electron chi connectivity index (χ4n) is 1.44. The van der Waals surface area contributed by atoms with Crippen molar-refractivity contribution in [3.8, 4) is 0 Å². The number of hydrogen-bond acceptors (Lipinski definition) is 4. The van der Waals surface area contributed by atoms with Gasteiger partial charge in [-0.2, -0.15) is 0 Å². The topological polar surface area (TPSA) is 68.2 Å². The Morgan fingerprint density at radius 1 is 1.59 bits per heavy atom. The number of imidazole rings is 1. The van der Waals surface area contributed by atoms with Crippen molar-refractivity contribution >= 4 is 5.91 Å². The second kappa shape index (κ2) is 7.81. The molecule has 0 atom stereocenters. The van der Waals surface area contributed by atoms with Crippen LogP contribution >= 0.6 is 0 Å². The van der Waals surface area contributed by atoms with E-state index in [-0.39, 0.29) is 5.91 Å². The van der Waals surface area contributed by atoms with Crippen molar-refractivity contribution < 1.29 is 9.53 Å². The standard InChI is InChI=1S/C11H20N4O2/c1-3-15-6-4-13-10(15)8-12-9-11(16)14-5-7-17-2/h4,6,12H,3,5,7-9H2,1-2H3,(H,14,16). The summed E-state index contributed by atoms with van der Waals surface area (Å²) in [4.78, 5) is 15.6. The number of nitrogens with one attached hydrogen (secondary N) is 2. The first-order valence-electron chi connectivity index (χ1n) is 5.74. The Hall–Kier alpha value is -1.40. The summed E-state index contributed by atoms with van der Waals surface area (Å²) in [6.07, 6.45) is 3.69. The van der Waals surface area contributed by atoms with E-state index in [0.717, 1.165) is 12.4 Å². The molecule has 1 aromatic rings. The predicted octanol–water partition coefficient (Wildman–Crippen LogP) is -0.245. The van der Waals surface area contributed by atoms with Crippen LogP contribution in [-0.4, -0.2) is 42.3 Å². The van der Waals surface area contributed by atoms with Crippen molar-refractivity contribution in [2.45, 2.75) is 20.0 Å². The van der Waals surface area contributed by atoms with Gasteiger partial charge in [0.15, 0.2) is 0 Å². The van der Waals surface area contributed by atoms with Crippen LogP contribution in [0.15, 0.2) is 12.4 Å². The predicted molar refractivity (Wildman–Crippen MR) is 64.5 cm³/mol. The molecule has 6 heteroatoms. The zero-order chi connectivity index (χ0) is 12.5. The Kier molecular flexibility index (Phi) is 6.27. The zero-order valence-corrected chi connectivity index (χ0v) is 10.4. The lowest BCUT2D eigenvalue weighted by atomic mass is 10.5. The van der Waals surface area contributed by atoms with Crippen LogP contribution < -0.4 is 10.6 Å². The average molecular weight is 240 g/mol. The lowest BCUT2D eigenvalue weighted by molar-refractivity contribution is -0.120. The molecule has 0 fully saturated rings. The summed E-state index contributed by atoms with van der Waals surface area (Å²) in [6.45, 7) is 4.91. The summed E-state index contributed by atoms with van der Waals surface area (Å²) in [5.41, 5.74) is 0. The van der Waals surface area contributed by atoms with Gasteiger partial charge in [-0.3, -0.25) is 4.79 Å². The summed E-state index contributed by atoms with van der Waals surface area (Å²) in [5.74, 6) is 0.911. The van der Waals surface area contributed by atoms with Crippen molar-refractivity contribution in [2.24, 2.45) is 0 Å². The smallest absolute Gasteiger partial charge is 0.234 e. The first-order valence-corrected chi connectivity index (χ1v) is 5.74. The van der Waals surface area contributed by atoms with Crippen LogP contribution in [0.3, 0.4) is 0 Å². The molecule has 0 aliphatic rings. The number of carbonyl (C=O) groups is 1. The van der Waals surface area contributed by atoms with Crippen molar-refractivity contribution in [3.05, 3.63) is 18.2 Å². The molecule has 0 radical (unpaired) electrons. The fourth-order valence-corrected chi connectivity index (χ4v) is 1.44. The van der Waals surface area contributed by atoms with E-state index in [9.17, 15) is 4.79 Å². The van der Waals surface area contributed by atoms with Gasteiger partial charge in [-0.15, -0.1) is 0 Å². The summed E-state index contributed by atoms with van der Waals surface area (Å²) in [5, 5.41) is 5.79. The van der Waals surface area contributed by atoms with Crippen LogP contribution in [0.1, 0.15) is 12.7 Å². The molecule has 0 aliphatic heterocycles. The maximum absolute atomic E-state index is 11.3. The van der Waals surface area contributed by atoms with Crippen LogP contribution in [0.4, 0.5) is 0 Å². The summed E-state index contributed by atoms with van der Waals surface area (Å²) in [6, 6.07) is 0. The molecule has 0 saturated carbocycles. The first kappa shape index (κ1) is 13.7. The van der Waals surface area contributed by atoms with Crippen LogP contribution in [0.5, 0.6) is 0 Å². The van der Waals surface area contributed by atoms with E-state index in [0.29, 0.717) is 26.2 Å². The molecule has 0 unspecified atom stereocenters. The van der Waals surface area contributed by atoms with Gasteiger partial charge in [-0.05, 0) is 6.92 Å². The molecule has 0 aromatic carbocycles. The quantitative estimate of drug-likeness (QED) is 0.615. The molecular formula is C11H20N4O2. The lowest BCUT2D eigenvalue weighted by Gasteiger charge is -2.07. The first-order chi connectivity index (χ1) is 8.27. The molecule has 1 heterocycles. The van der Waals surface area contributed by atoms with Gasteiger partial charge in [0.2, 0.25) is 5.91 Å². The maximum Gasteiger partial charge on any atom is 0.234 e. The highest BCUT2D eigenvalue weighted by atomic mass is 16.5. The molecule has 6 nitrogen and oxygen atoms in total. The highest BCUT2D eigenvalue weighted by Crippen LogP contribution is 1.95. The van der Waals surface area contributed by atoms with Gasteiger partial charge < -0.3 is 19.9 Å². The number of rotatable bonds is 8. The molecule has 1 rings (SSSR count). The Labute approximate surface area is 101 Å². The van der Waals surface area contributed by atoms with E-state index >= 15 is 0 Å². The second-order valence-electron chi connectivity index (χ2n) is 3.58. The van der Waals surface area contributed by atoms with E-state index in [4.69, 9.17) is 4.74 Å².